The highest BCUT2D eigenvalue weighted by Crippen LogP contribution is 2.25. The lowest BCUT2D eigenvalue weighted by atomic mass is 10.1. The molecule has 0 bridgehead atoms. The van der Waals surface area contributed by atoms with E-state index in [0.717, 1.165) is 26.3 Å². The van der Waals surface area contributed by atoms with Crippen LogP contribution in [0.2, 0.25) is 0 Å². The lowest BCUT2D eigenvalue weighted by Gasteiger charge is -2.34. The molecule has 1 aliphatic heterocycles. The Bertz CT molecular complexity index is 1030. The third-order valence-corrected chi connectivity index (χ3v) is 6.40. The van der Waals surface area contributed by atoms with E-state index in [2.05, 4.69) is 12.1 Å². The summed E-state index contributed by atoms with van der Waals surface area (Å²) in [5.41, 5.74) is 0. The predicted molar refractivity (Wildman–Crippen MR) is 120 cm³/mol. The fourth-order valence-electron chi connectivity index (χ4n) is 3.75. The van der Waals surface area contributed by atoms with E-state index in [0.29, 0.717) is 45.6 Å². The van der Waals surface area contributed by atoms with Gasteiger partial charge in [0, 0.05) is 42.9 Å². The van der Waals surface area contributed by atoms with Crippen molar-refractivity contribution in [3.63, 3.8) is 0 Å². The Labute approximate surface area is 180 Å². The van der Waals surface area contributed by atoms with Crippen LogP contribution in [0.3, 0.4) is 0 Å². The average molecular weight is 423 g/mol. The number of piperazine rings is 1. The van der Waals surface area contributed by atoms with Gasteiger partial charge in [0.05, 0.1) is 11.5 Å². The van der Waals surface area contributed by atoms with E-state index in [4.69, 9.17) is 4.74 Å². The predicted octanol–water partition coefficient (Wildman–Crippen LogP) is 4.35. The van der Waals surface area contributed by atoms with Gasteiger partial charge in [-0.25, -0.2) is 0 Å². The Morgan fingerprint density at radius 1 is 0.933 bits per heavy atom. The van der Waals surface area contributed by atoms with Crippen LogP contribution in [0, 0.1) is 6.92 Å². The van der Waals surface area contributed by atoms with E-state index in [-0.39, 0.29) is 11.8 Å². The molecule has 0 saturated carbocycles. The molecule has 156 valence electrons. The number of rotatable bonds is 6. The van der Waals surface area contributed by atoms with Gasteiger partial charge in [-0.2, -0.15) is 0 Å². The second-order valence-electron chi connectivity index (χ2n) is 7.51. The lowest BCUT2D eigenvalue weighted by Crippen LogP contribution is -2.50. The monoisotopic (exact) mass is 422 g/mol. The van der Waals surface area contributed by atoms with Gasteiger partial charge in [-0.1, -0.05) is 36.4 Å². The van der Waals surface area contributed by atoms with Gasteiger partial charge in [0.15, 0.2) is 0 Å². The Kier molecular flexibility index (Phi) is 6.33. The van der Waals surface area contributed by atoms with Crippen molar-refractivity contribution < 1.29 is 14.3 Å². The van der Waals surface area contributed by atoms with Gasteiger partial charge in [-0.3, -0.25) is 9.59 Å². The van der Waals surface area contributed by atoms with Gasteiger partial charge >= 0.3 is 0 Å². The minimum absolute atomic E-state index is 0.0729. The Morgan fingerprint density at radius 3 is 2.43 bits per heavy atom. The first-order valence-electron chi connectivity index (χ1n) is 10.4. The molecule has 0 aliphatic carbocycles. The minimum Gasteiger partial charge on any atom is -0.493 e. The quantitative estimate of drug-likeness (QED) is 0.555. The standard InChI is InChI=1S/C24H26N2O3S/c1-18-11-12-22(30-18)24(28)26-15-13-25(14-16-26)23(27)10-5-17-29-21-9-4-7-19-6-2-3-8-20(19)21/h2-4,6-9,11-12H,5,10,13-17H2,1H3. The van der Waals surface area contributed by atoms with E-state index in [1.165, 1.54) is 11.3 Å². The molecular formula is C24H26N2O3S. The third kappa shape index (κ3) is 4.65. The lowest BCUT2D eigenvalue weighted by molar-refractivity contribution is -0.132. The summed E-state index contributed by atoms with van der Waals surface area (Å²) >= 11 is 1.52. The molecule has 3 aromatic rings. The van der Waals surface area contributed by atoms with Crippen molar-refractivity contribution in [2.45, 2.75) is 19.8 Å². The summed E-state index contributed by atoms with van der Waals surface area (Å²) in [5, 5.41) is 2.24. The van der Waals surface area contributed by atoms with E-state index in [1.807, 2.05) is 59.2 Å². The highest BCUT2D eigenvalue weighted by molar-refractivity contribution is 7.13. The van der Waals surface area contributed by atoms with Gasteiger partial charge in [0.1, 0.15) is 5.75 Å². The van der Waals surface area contributed by atoms with Crippen LogP contribution in [0.15, 0.2) is 54.6 Å². The van der Waals surface area contributed by atoms with Gasteiger partial charge in [-0.15, -0.1) is 11.3 Å². The van der Waals surface area contributed by atoms with E-state index >= 15 is 0 Å². The second-order valence-corrected chi connectivity index (χ2v) is 8.80. The fourth-order valence-corrected chi connectivity index (χ4v) is 4.58. The summed E-state index contributed by atoms with van der Waals surface area (Å²) < 4.78 is 5.93. The number of amides is 2. The number of carbonyl (C=O) groups is 2. The summed E-state index contributed by atoms with van der Waals surface area (Å²) in [5.74, 6) is 1.07. The van der Waals surface area contributed by atoms with Crippen molar-refractivity contribution in [3.8, 4) is 5.75 Å². The van der Waals surface area contributed by atoms with E-state index < -0.39 is 0 Å². The summed E-state index contributed by atoms with van der Waals surface area (Å²) in [6.45, 7) is 4.89. The maximum Gasteiger partial charge on any atom is 0.264 e. The molecule has 1 aromatic heterocycles. The van der Waals surface area contributed by atoms with Crippen LogP contribution in [-0.4, -0.2) is 54.4 Å². The molecule has 1 aliphatic rings. The topological polar surface area (TPSA) is 49.9 Å². The Hall–Kier alpha value is -2.86. The molecule has 4 rings (SSSR count). The molecule has 5 nitrogen and oxygen atoms in total. The molecule has 0 radical (unpaired) electrons. The van der Waals surface area contributed by atoms with Crippen LogP contribution >= 0.6 is 11.3 Å². The van der Waals surface area contributed by atoms with Crippen LogP contribution in [0.4, 0.5) is 0 Å². The molecule has 0 atom stereocenters. The number of carbonyl (C=O) groups excluding carboxylic acids is 2. The number of benzene rings is 2. The number of thiophene rings is 1. The Balaban J connectivity index is 1.21. The summed E-state index contributed by atoms with van der Waals surface area (Å²) in [6, 6.07) is 18.0. The van der Waals surface area contributed by atoms with Crippen LogP contribution < -0.4 is 4.74 Å². The summed E-state index contributed by atoms with van der Waals surface area (Å²) in [6.07, 6.45) is 1.14. The SMILES string of the molecule is Cc1ccc(C(=O)N2CCN(C(=O)CCCOc3cccc4ccccc34)CC2)s1. The molecule has 0 unspecified atom stereocenters. The fraction of sp³-hybridized carbons (Fsp3) is 0.333. The Morgan fingerprint density at radius 2 is 1.67 bits per heavy atom. The zero-order chi connectivity index (χ0) is 20.9. The first-order chi connectivity index (χ1) is 14.6. The molecule has 1 saturated heterocycles. The first-order valence-corrected chi connectivity index (χ1v) is 11.2. The number of ether oxygens (including phenoxy) is 1. The molecule has 0 spiro atoms. The van der Waals surface area contributed by atoms with Crippen molar-refractivity contribution in [1.29, 1.82) is 0 Å². The zero-order valence-electron chi connectivity index (χ0n) is 17.2. The molecule has 1 fully saturated rings. The smallest absolute Gasteiger partial charge is 0.264 e. The van der Waals surface area contributed by atoms with Gasteiger partial charge in [-0.05, 0) is 36.9 Å². The third-order valence-electron chi connectivity index (χ3n) is 5.41. The zero-order valence-corrected chi connectivity index (χ0v) is 18.0. The van der Waals surface area contributed by atoms with E-state index in [9.17, 15) is 9.59 Å². The number of hydrogen-bond acceptors (Lipinski definition) is 4. The van der Waals surface area contributed by atoms with Gasteiger partial charge < -0.3 is 14.5 Å². The largest absolute Gasteiger partial charge is 0.493 e. The van der Waals surface area contributed by atoms with Crippen molar-refractivity contribution in [1.82, 2.24) is 9.80 Å². The van der Waals surface area contributed by atoms with Gasteiger partial charge in [0.25, 0.3) is 5.91 Å². The maximum absolute atomic E-state index is 12.5. The number of nitrogens with zero attached hydrogens (tertiary/aromatic N) is 2. The molecule has 2 amide bonds. The van der Waals surface area contributed by atoms with E-state index in [1.54, 1.807) is 0 Å². The molecule has 6 heteroatoms. The molecule has 2 aromatic carbocycles. The van der Waals surface area contributed by atoms with Gasteiger partial charge in [0.2, 0.25) is 5.91 Å². The number of hydrogen-bond donors (Lipinski definition) is 0. The van der Waals surface area contributed by atoms with Crippen LogP contribution in [0.1, 0.15) is 27.4 Å². The molecule has 2 heterocycles. The summed E-state index contributed by atoms with van der Waals surface area (Å²) in [4.78, 5) is 30.7. The average Bonchev–Trinajstić information content (AvgIpc) is 3.22. The molecule has 0 N–H and O–H groups in total. The number of fused-ring (bicyclic) bond motifs is 1. The minimum atomic E-state index is 0.0729. The van der Waals surface area contributed by atoms with Crippen LogP contribution in [-0.2, 0) is 4.79 Å². The van der Waals surface area contributed by atoms with Crippen molar-refractivity contribution >= 4 is 33.9 Å². The van der Waals surface area contributed by atoms with Crippen LogP contribution in [0.5, 0.6) is 5.75 Å². The highest BCUT2D eigenvalue weighted by atomic mass is 32.1. The molecule has 30 heavy (non-hydrogen) atoms. The molecular weight excluding hydrogens is 396 g/mol. The normalized spacial score (nSPS) is 14.2. The second kappa shape index (κ2) is 9.30. The highest BCUT2D eigenvalue weighted by Gasteiger charge is 2.25. The van der Waals surface area contributed by atoms with Crippen LogP contribution in [0.25, 0.3) is 10.8 Å². The number of aryl methyl sites for hydroxylation is 1. The summed E-state index contributed by atoms with van der Waals surface area (Å²) in [7, 11) is 0. The first kappa shape index (κ1) is 20.4. The van der Waals surface area contributed by atoms with Crippen molar-refractivity contribution in [2.75, 3.05) is 32.8 Å². The van der Waals surface area contributed by atoms with Crippen molar-refractivity contribution in [3.05, 3.63) is 64.4 Å². The van der Waals surface area contributed by atoms with Crippen molar-refractivity contribution in [2.24, 2.45) is 0 Å². The maximum atomic E-state index is 12.5.